The monoisotopic (exact) mass is 476 g/mol. The lowest BCUT2D eigenvalue weighted by atomic mass is 9.89. The Morgan fingerprint density at radius 3 is 2.61 bits per heavy atom. The summed E-state index contributed by atoms with van der Waals surface area (Å²) in [7, 11) is 0. The van der Waals surface area contributed by atoms with Gasteiger partial charge in [-0.25, -0.2) is 9.97 Å². The number of aryl methyl sites for hydroxylation is 1. The molecule has 3 heterocycles. The van der Waals surface area contributed by atoms with Gasteiger partial charge in [-0.3, -0.25) is 4.79 Å². The molecule has 4 rings (SSSR count). The number of aromatic nitrogens is 4. The average molecular weight is 478 g/mol. The maximum Gasteiger partial charge on any atom is 0.255 e. The van der Waals surface area contributed by atoms with E-state index in [0.29, 0.717) is 51.9 Å². The number of rotatable bonds is 5. The van der Waals surface area contributed by atoms with Crippen molar-refractivity contribution in [1.82, 2.24) is 25.1 Å². The zero-order valence-corrected chi connectivity index (χ0v) is 18.9. The van der Waals surface area contributed by atoms with Crippen LogP contribution in [0, 0.1) is 12.8 Å². The molecule has 0 radical (unpaired) electrons. The molecule has 1 amide bonds. The second kappa shape index (κ2) is 9.34. The molecule has 1 N–H and O–H groups in total. The summed E-state index contributed by atoms with van der Waals surface area (Å²) in [6, 6.07) is 7.31. The van der Waals surface area contributed by atoms with Gasteiger partial charge in [0.25, 0.3) is 5.91 Å². The maximum atomic E-state index is 13.2. The van der Waals surface area contributed by atoms with Crippen LogP contribution in [0.2, 0.25) is 15.1 Å². The van der Waals surface area contributed by atoms with Crippen LogP contribution in [0.25, 0.3) is 0 Å². The molecule has 1 aliphatic heterocycles. The molecular weight excluding hydrogens is 459 g/mol. The molecule has 160 valence electrons. The fourth-order valence-corrected chi connectivity index (χ4v) is 4.19. The third-order valence-electron chi connectivity index (χ3n) is 5.38. The topological polar surface area (TPSA) is 83.9 Å². The molecule has 0 bridgehead atoms. The summed E-state index contributed by atoms with van der Waals surface area (Å²) in [5, 5.41) is 12.6. The Bertz CT molecular complexity index is 1090. The van der Waals surface area contributed by atoms with Gasteiger partial charge in [-0.1, -0.05) is 40.9 Å². The van der Waals surface area contributed by atoms with Crippen LogP contribution in [0.5, 0.6) is 0 Å². The maximum absolute atomic E-state index is 13.2. The third kappa shape index (κ3) is 4.89. The molecule has 31 heavy (non-hydrogen) atoms. The van der Waals surface area contributed by atoms with Gasteiger partial charge in [0.1, 0.15) is 0 Å². The zero-order chi connectivity index (χ0) is 22.0. The minimum absolute atomic E-state index is 0.0635. The Balaban J connectivity index is 1.57. The van der Waals surface area contributed by atoms with Gasteiger partial charge in [0.2, 0.25) is 5.95 Å². The molecule has 0 spiro atoms. The molecule has 2 atom stereocenters. The quantitative estimate of drug-likeness (QED) is 0.582. The van der Waals surface area contributed by atoms with E-state index in [0.717, 1.165) is 5.56 Å². The second-order valence-corrected chi connectivity index (χ2v) is 8.64. The van der Waals surface area contributed by atoms with Crippen molar-refractivity contribution in [2.75, 3.05) is 25.0 Å². The lowest BCUT2D eigenvalue weighted by Crippen LogP contribution is -2.30. The highest BCUT2D eigenvalue weighted by Gasteiger charge is 2.37. The minimum Gasteiger partial charge on any atom is -0.354 e. The Morgan fingerprint density at radius 1 is 1.13 bits per heavy atom. The smallest absolute Gasteiger partial charge is 0.255 e. The van der Waals surface area contributed by atoms with Gasteiger partial charge in [-0.05, 0) is 30.7 Å². The molecule has 2 aromatic heterocycles. The number of nitrogens with one attached hydrogen (secondary N) is 1. The molecule has 1 aromatic carbocycles. The number of hydrogen-bond acceptors (Lipinski definition) is 6. The first kappa shape index (κ1) is 21.7. The highest BCUT2D eigenvalue weighted by Crippen LogP contribution is 2.36. The van der Waals surface area contributed by atoms with E-state index in [4.69, 9.17) is 34.8 Å². The van der Waals surface area contributed by atoms with E-state index in [1.807, 2.05) is 17.0 Å². The van der Waals surface area contributed by atoms with Crippen LogP contribution in [-0.2, 0) is 0 Å². The zero-order valence-electron chi connectivity index (χ0n) is 16.6. The van der Waals surface area contributed by atoms with Crippen LogP contribution in [0.1, 0.15) is 27.5 Å². The van der Waals surface area contributed by atoms with Crippen LogP contribution in [0.4, 0.5) is 5.95 Å². The first-order valence-corrected chi connectivity index (χ1v) is 10.8. The van der Waals surface area contributed by atoms with Crippen molar-refractivity contribution >= 4 is 46.7 Å². The van der Waals surface area contributed by atoms with Crippen molar-refractivity contribution in [2.24, 2.45) is 5.92 Å². The molecular formula is C21H19Cl3N6O. The fourth-order valence-electron chi connectivity index (χ4n) is 3.79. The molecule has 0 aliphatic carbocycles. The highest BCUT2D eigenvalue weighted by atomic mass is 35.5. The SMILES string of the molecule is Cc1nnccc1C(=O)N1C[C@H](CNc2ncc(Cl)cn2)[C@@H](c2ccc(Cl)c(Cl)c2)C1. The summed E-state index contributed by atoms with van der Waals surface area (Å²) in [5.74, 6) is 0.586. The van der Waals surface area contributed by atoms with Gasteiger partial charge in [0.15, 0.2) is 0 Å². The van der Waals surface area contributed by atoms with E-state index in [9.17, 15) is 4.79 Å². The average Bonchev–Trinajstić information content (AvgIpc) is 3.19. The number of anilines is 1. The molecule has 0 unspecified atom stereocenters. The van der Waals surface area contributed by atoms with Gasteiger partial charge < -0.3 is 10.2 Å². The summed E-state index contributed by atoms with van der Waals surface area (Å²) in [6.45, 7) is 3.46. The number of halogens is 3. The molecule has 1 fully saturated rings. The number of carbonyl (C=O) groups is 1. The van der Waals surface area contributed by atoms with E-state index in [-0.39, 0.29) is 17.7 Å². The standard InChI is InChI=1S/C21H19Cl3N6O/c1-12-16(4-5-28-29-12)20(31)30-10-14(7-25-21-26-8-15(22)9-27-21)17(11-30)13-2-3-18(23)19(24)6-13/h2-6,8-9,14,17H,7,10-11H2,1H3,(H,25,26,27)/t14-,17+/m0/s1. The van der Waals surface area contributed by atoms with E-state index < -0.39 is 0 Å². The van der Waals surface area contributed by atoms with Crippen molar-refractivity contribution in [2.45, 2.75) is 12.8 Å². The summed E-state index contributed by atoms with van der Waals surface area (Å²) < 4.78 is 0. The summed E-state index contributed by atoms with van der Waals surface area (Å²) in [6.07, 6.45) is 4.61. The Hall–Kier alpha value is -2.48. The number of likely N-dealkylation sites (tertiary alicyclic amines) is 1. The van der Waals surface area contributed by atoms with Crippen LogP contribution in [-0.4, -0.2) is 50.6 Å². The Labute approximate surface area is 194 Å². The Kier molecular flexibility index (Phi) is 6.55. The van der Waals surface area contributed by atoms with Crippen molar-refractivity contribution in [3.8, 4) is 0 Å². The molecule has 0 saturated carbocycles. The first-order chi connectivity index (χ1) is 14.9. The summed E-state index contributed by atoms with van der Waals surface area (Å²) in [5.41, 5.74) is 2.19. The second-order valence-electron chi connectivity index (χ2n) is 7.39. The number of carbonyl (C=O) groups excluding carboxylic acids is 1. The largest absolute Gasteiger partial charge is 0.354 e. The van der Waals surface area contributed by atoms with Gasteiger partial charge in [0, 0.05) is 31.5 Å². The van der Waals surface area contributed by atoms with Crippen molar-refractivity contribution in [3.05, 3.63) is 74.7 Å². The van der Waals surface area contributed by atoms with Crippen LogP contribution >= 0.6 is 34.8 Å². The van der Waals surface area contributed by atoms with Crippen LogP contribution in [0.15, 0.2) is 42.9 Å². The number of nitrogens with zero attached hydrogens (tertiary/aromatic N) is 5. The van der Waals surface area contributed by atoms with Crippen molar-refractivity contribution < 1.29 is 4.79 Å². The first-order valence-electron chi connectivity index (χ1n) is 9.66. The van der Waals surface area contributed by atoms with Crippen LogP contribution < -0.4 is 5.32 Å². The predicted molar refractivity (Wildman–Crippen MR) is 121 cm³/mol. The van der Waals surface area contributed by atoms with E-state index in [2.05, 4.69) is 25.5 Å². The van der Waals surface area contributed by atoms with Gasteiger partial charge in [-0.2, -0.15) is 10.2 Å². The molecule has 7 nitrogen and oxygen atoms in total. The summed E-state index contributed by atoms with van der Waals surface area (Å²) in [4.78, 5) is 23.4. The number of hydrogen-bond donors (Lipinski definition) is 1. The lowest BCUT2D eigenvalue weighted by molar-refractivity contribution is 0.0785. The highest BCUT2D eigenvalue weighted by molar-refractivity contribution is 6.42. The molecule has 10 heteroatoms. The predicted octanol–water partition coefficient (Wildman–Crippen LogP) is 4.50. The van der Waals surface area contributed by atoms with E-state index in [1.165, 1.54) is 18.6 Å². The Morgan fingerprint density at radius 2 is 1.90 bits per heavy atom. The van der Waals surface area contributed by atoms with Crippen LogP contribution in [0.3, 0.4) is 0 Å². The van der Waals surface area contributed by atoms with Gasteiger partial charge in [0.05, 0.1) is 44.9 Å². The molecule has 1 aliphatic rings. The molecule has 1 saturated heterocycles. The number of amides is 1. The normalized spacial score (nSPS) is 18.3. The lowest BCUT2D eigenvalue weighted by Gasteiger charge is -2.19. The van der Waals surface area contributed by atoms with E-state index >= 15 is 0 Å². The van der Waals surface area contributed by atoms with E-state index in [1.54, 1.807) is 19.1 Å². The third-order valence-corrected chi connectivity index (χ3v) is 6.31. The fraction of sp³-hybridized carbons (Fsp3) is 0.286. The van der Waals surface area contributed by atoms with Gasteiger partial charge >= 0.3 is 0 Å². The van der Waals surface area contributed by atoms with Crippen molar-refractivity contribution in [3.63, 3.8) is 0 Å². The van der Waals surface area contributed by atoms with Gasteiger partial charge in [-0.15, -0.1) is 0 Å². The number of benzene rings is 1. The van der Waals surface area contributed by atoms with Crippen molar-refractivity contribution in [1.29, 1.82) is 0 Å². The minimum atomic E-state index is -0.0669. The summed E-state index contributed by atoms with van der Waals surface area (Å²) >= 11 is 18.2. The molecule has 3 aromatic rings.